The maximum Gasteiger partial charge on any atom is 0.138 e. The second-order valence-corrected chi connectivity index (χ2v) is 3.24. The molecule has 1 atom stereocenters. The third-order valence-corrected chi connectivity index (χ3v) is 1.89. The highest BCUT2D eigenvalue weighted by Crippen LogP contribution is 2.26. The molecule has 5 heteroatoms. The maximum atomic E-state index is 9.02. The Labute approximate surface area is 86.9 Å². The van der Waals surface area contributed by atoms with Gasteiger partial charge in [-0.25, -0.2) is 0 Å². The Balaban J connectivity index is 2.59. The average molecular weight is 218 g/mol. The molecule has 0 aliphatic carbocycles. The van der Waals surface area contributed by atoms with Gasteiger partial charge in [-0.2, -0.15) is 0 Å². The van der Waals surface area contributed by atoms with Crippen LogP contribution >= 0.6 is 11.6 Å². The lowest BCUT2D eigenvalue weighted by Gasteiger charge is -2.11. The summed E-state index contributed by atoms with van der Waals surface area (Å²) in [5.74, 6) is 0.438. The number of nitrogens with two attached hydrogens (primary N) is 1. The molecule has 1 unspecified atom stereocenters. The molecule has 1 aromatic carbocycles. The molecule has 0 amide bonds. The lowest BCUT2D eigenvalue weighted by atomic mass is 10.3. The van der Waals surface area contributed by atoms with Gasteiger partial charge in [-0.05, 0) is 18.2 Å². The zero-order chi connectivity index (χ0) is 10.6. The number of nitrogen functional groups attached to an aromatic ring is 1. The summed E-state index contributed by atoms with van der Waals surface area (Å²) in [5, 5.41) is 17.9. The standard InChI is InChI=1S/C9H12ClNO3/c10-8-3-6(11)1-2-9(8)14-5-7(13)4-12/h1-3,7,12-13H,4-5,11H2. The van der Waals surface area contributed by atoms with Gasteiger partial charge in [0.15, 0.2) is 0 Å². The SMILES string of the molecule is Nc1ccc(OCC(O)CO)c(Cl)c1. The van der Waals surface area contributed by atoms with Crippen LogP contribution in [0.1, 0.15) is 0 Å². The van der Waals surface area contributed by atoms with Gasteiger partial charge in [-0.15, -0.1) is 0 Å². The van der Waals surface area contributed by atoms with Crippen LogP contribution in [0.2, 0.25) is 5.02 Å². The van der Waals surface area contributed by atoms with Gasteiger partial charge in [0, 0.05) is 5.69 Å². The summed E-state index contributed by atoms with van der Waals surface area (Å²) >= 11 is 5.81. The van der Waals surface area contributed by atoms with E-state index in [-0.39, 0.29) is 13.2 Å². The molecule has 1 rings (SSSR count). The number of anilines is 1. The summed E-state index contributed by atoms with van der Waals surface area (Å²) in [4.78, 5) is 0. The molecule has 78 valence electrons. The van der Waals surface area contributed by atoms with Crippen LogP contribution in [0.5, 0.6) is 5.75 Å². The minimum absolute atomic E-state index is 0.000137. The van der Waals surface area contributed by atoms with E-state index in [9.17, 15) is 0 Å². The monoisotopic (exact) mass is 217 g/mol. The van der Waals surface area contributed by atoms with Crippen LogP contribution in [0, 0.1) is 0 Å². The lowest BCUT2D eigenvalue weighted by molar-refractivity contribution is 0.0536. The molecule has 4 N–H and O–H groups in total. The van der Waals surface area contributed by atoms with Gasteiger partial charge >= 0.3 is 0 Å². The molecule has 0 aliphatic rings. The van der Waals surface area contributed by atoms with Crippen LogP contribution in [-0.2, 0) is 0 Å². The summed E-state index contributed by atoms with van der Waals surface area (Å²) < 4.78 is 5.15. The largest absolute Gasteiger partial charge is 0.489 e. The Kier molecular flexibility index (Phi) is 4.00. The Hall–Kier alpha value is -0.970. The first-order valence-electron chi connectivity index (χ1n) is 4.10. The summed E-state index contributed by atoms with van der Waals surface area (Å²) in [7, 11) is 0. The Bertz CT molecular complexity index is 306. The summed E-state index contributed by atoms with van der Waals surface area (Å²) in [6.07, 6.45) is -0.899. The third kappa shape index (κ3) is 3.06. The van der Waals surface area contributed by atoms with Crippen LogP contribution in [0.3, 0.4) is 0 Å². The van der Waals surface area contributed by atoms with Crippen molar-refractivity contribution in [1.82, 2.24) is 0 Å². The molecule has 0 aromatic heterocycles. The lowest BCUT2D eigenvalue weighted by Crippen LogP contribution is -2.21. The first-order valence-corrected chi connectivity index (χ1v) is 4.48. The highest BCUT2D eigenvalue weighted by Gasteiger charge is 2.05. The minimum Gasteiger partial charge on any atom is -0.489 e. The average Bonchev–Trinajstić information content (AvgIpc) is 2.16. The van der Waals surface area contributed by atoms with E-state index in [1.54, 1.807) is 18.2 Å². The molecule has 0 saturated carbocycles. The maximum absolute atomic E-state index is 9.02. The molecule has 0 fully saturated rings. The van der Waals surface area contributed by atoms with Crippen molar-refractivity contribution in [3.8, 4) is 5.75 Å². The number of hydrogen-bond donors (Lipinski definition) is 3. The fourth-order valence-electron chi connectivity index (χ4n) is 0.873. The minimum atomic E-state index is -0.899. The van der Waals surface area contributed by atoms with Crippen LogP contribution in [0.25, 0.3) is 0 Å². The fraction of sp³-hybridized carbons (Fsp3) is 0.333. The van der Waals surface area contributed by atoms with E-state index < -0.39 is 6.10 Å². The van der Waals surface area contributed by atoms with Gasteiger partial charge < -0.3 is 20.7 Å². The smallest absolute Gasteiger partial charge is 0.138 e. The van der Waals surface area contributed by atoms with Gasteiger partial charge in [0.2, 0.25) is 0 Å². The van der Waals surface area contributed by atoms with Gasteiger partial charge in [0.25, 0.3) is 0 Å². The highest BCUT2D eigenvalue weighted by atomic mass is 35.5. The van der Waals surface area contributed by atoms with Gasteiger partial charge in [0.05, 0.1) is 11.6 Å². The van der Waals surface area contributed by atoms with E-state index in [4.69, 9.17) is 32.3 Å². The normalized spacial score (nSPS) is 12.5. The summed E-state index contributed by atoms with van der Waals surface area (Å²) in [5.41, 5.74) is 6.03. The molecule has 0 spiro atoms. The van der Waals surface area contributed by atoms with Gasteiger partial charge in [0.1, 0.15) is 18.5 Å². The van der Waals surface area contributed by atoms with Crippen LogP contribution in [0.15, 0.2) is 18.2 Å². The molecular formula is C9H12ClNO3. The predicted octanol–water partition coefficient (Wildman–Crippen LogP) is 0.654. The van der Waals surface area contributed by atoms with E-state index in [1.165, 1.54) is 0 Å². The molecule has 1 aromatic rings. The van der Waals surface area contributed by atoms with E-state index in [0.29, 0.717) is 16.5 Å². The zero-order valence-corrected chi connectivity index (χ0v) is 8.24. The second kappa shape index (κ2) is 5.05. The van der Waals surface area contributed by atoms with Crippen molar-refractivity contribution in [2.24, 2.45) is 0 Å². The Morgan fingerprint density at radius 3 is 2.79 bits per heavy atom. The molecule has 14 heavy (non-hydrogen) atoms. The van der Waals surface area contributed by atoms with Crippen molar-refractivity contribution < 1.29 is 14.9 Å². The summed E-state index contributed by atoms with van der Waals surface area (Å²) in [6.45, 7) is -0.341. The van der Waals surface area contributed by atoms with Crippen LogP contribution in [0.4, 0.5) is 5.69 Å². The molecule has 0 heterocycles. The summed E-state index contributed by atoms with van der Waals surface area (Å²) in [6, 6.07) is 4.82. The van der Waals surface area contributed by atoms with E-state index in [2.05, 4.69) is 0 Å². The fourth-order valence-corrected chi connectivity index (χ4v) is 1.12. The molecular weight excluding hydrogens is 206 g/mol. The number of halogens is 1. The number of hydrogen-bond acceptors (Lipinski definition) is 4. The van der Waals surface area contributed by atoms with E-state index in [1.807, 2.05) is 0 Å². The topological polar surface area (TPSA) is 75.7 Å². The van der Waals surface area contributed by atoms with E-state index in [0.717, 1.165) is 0 Å². The van der Waals surface area contributed by atoms with Crippen molar-refractivity contribution >= 4 is 17.3 Å². The predicted molar refractivity (Wildman–Crippen MR) is 54.5 cm³/mol. The Morgan fingerprint density at radius 2 is 2.21 bits per heavy atom. The van der Waals surface area contributed by atoms with Crippen molar-refractivity contribution in [3.05, 3.63) is 23.2 Å². The molecule has 0 aliphatic heterocycles. The molecule has 4 nitrogen and oxygen atoms in total. The second-order valence-electron chi connectivity index (χ2n) is 2.84. The van der Waals surface area contributed by atoms with Crippen LogP contribution < -0.4 is 10.5 Å². The highest BCUT2D eigenvalue weighted by molar-refractivity contribution is 6.32. The first-order chi connectivity index (χ1) is 6.63. The van der Waals surface area contributed by atoms with Crippen LogP contribution in [-0.4, -0.2) is 29.5 Å². The molecule has 0 bridgehead atoms. The zero-order valence-electron chi connectivity index (χ0n) is 7.48. The Morgan fingerprint density at radius 1 is 1.50 bits per heavy atom. The van der Waals surface area contributed by atoms with E-state index >= 15 is 0 Å². The molecule has 0 radical (unpaired) electrons. The number of aliphatic hydroxyl groups is 2. The number of aliphatic hydroxyl groups excluding tert-OH is 2. The number of ether oxygens (including phenoxy) is 1. The quantitative estimate of drug-likeness (QED) is 0.648. The number of rotatable bonds is 4. The van der Waals surface area contributed by atoms with Gasteiger partial charge in [-0.1, -0.05) is 11.6 Å². The number of benzene rings is 1. The first kappa shape index (κ1) is 11.1. The van der Waals surface area contributed by atoms with Crippen molar-refractivity contribution in [1.29, 1.82) is 0 Å². The third-order valence-electron chi connectivity index (χ3n) is 1.60. The van der Waals surface area contributed by atoms with Crippen molar-refractivity contribution in [2.45, 2.75) is 6.10 Å². The van der Waals surface area contributed by atoms with Crippen molar-refractivity contribution in [2.75, 3.05) is 18.9 Å². The van der Waals surface area contributed by atoms with Gasteiger partial charge in [-0.3, -0.25) is 0 Å². The molecule has 0 saturated heterocycles. The van der Waals surface area contributed by atoms with Crippen molar-refractivity contribution in [3.63, 3.8) is 0 Å².